The van der Waals surface area contributed by atoms with E-state index in [9.17, 15) is 19.2 Å². The van der Waals surface area contributed by atoms with Gasteiger partial charge in [0.15, 0.2) is 0 Å². The lowest BCUT2D eigenvalue weighted by molar-refractivity contribution is -0.151. The van der Waals surface area contributed by atoms with E-state index in [0.717, 1.165) is 74.3 Å². The number of aryl methyl sites for hydroxylation is 1. The van der Waals surface area contributed by atoms with Gasteiger partial charge in [-0.15, -0.1) is 0 Å². The zero-order valence-corrected chi connectivity index (χ0v) is 29.5. The molecule has 6 rings (SSSR count). The maximum absolute atomic E-state index is 13.8. The number of imidazole rings is 1. The first-order valence-corrected chi connectivity index (χ1v) is 17.5. The van der Waals surface area contributed by atoms with Crippen molar-refractivity contribution in [3.05, 3.63) is 64.1 Å². The van der Waals surface area contributed by atoms with Crippen LogP contribution in [0, 0.1) is 5.92 Å². The topological polar surface area (TPSA) is 110 Å². The van der Waals surface area contributed by atoms with Crippen LogP contribution in [0.2, 0.25) is 0 Å². The molecule has 3 amide bonds. The third-order valence-electron chi connectivity index (χ3n) is 10.1. The highest BCUT2D eigenvalue weighted by atomic mass is 16.6. The Kier molecular flexibility index (Phi) is 10.2. The number of likely N-dealkylation sites (tertiary alicyclic amines) is 2. The van der Waals surface area contributed by atoms with Crippen molar-refractivity contribution < 1.29 is 23.9 Å². The van der Waals surface area contributed by atoms with Gasteiger partial charge in [-0.2, -0.15) is 0 Å². The summed E-state index contributed by atoms with van der Waals surface area (Å²) < 4.78 is 14.0. The van der Waals surface area contributed by atoms with Crippen LogP contribution in [0.15, 0.2) is 47.3 Å². The van der Waals surface area contributed by atoms with Crippen LogP contribution in [0.3, 0.4) is 0 Å². The molecule has 12 nitrogen and oxygen atoms in total. The maximum atomic E-state index is 13.8. The van der Waals surface area contributed by atoms with Crippen LogP contribution in [0.4, 0.5) is 4.79 Å². The van der Waals surface area contributed by atoms with E-state index in [1.807, 2.05) is 62.1 Å². The van der Waals surface area contributed by atoms with Gasteiger partial charge in [0.1, 0.15) is 17.4 Å². The Morgan fingerprint density at radius 2 is 1.55 bits per heavy atom. The Morgan fingerprint density at radius 3 is 2.20 bits per heavy atom. The van der Waals surface area contributed by atoms with E-state index in [0.29, 0.717) is 31.2 Å². The van der Waals surface area contributed by atoms with Crippen molar-refractivity contribution in [1.82, 2.24) is 28.7 Å². The number of carbonyl (C=O) groups excluding carboxylic acids is 3. The molecule has 1 unspecified atom stereocenters. The Hall–Kier alpha value is -4.16. The molecular formula is C37H50N6O6. The average Bonchev–Trinajstić information content (AvgIpc) is 3.33. The number of para-hydroxylation sites is 1. The fourth-order valence-corrected chi connectivity index (χ4v) is 7.46. The Morgan fingerprint density at radius 1 is 0.857 bits per heavy atom. The quantitative estimate of drug-likeness (QED) is 0.330. The van der Waals surface area contributed by atoms with E-state index < -0.39 is 11.6 Å². The number of carbonyl (C=O) groups is 3. The lowest BCUT2D eigenvalue weighted by Gasteiger charge is -2.39. The van der Waals surface area contributed by atoms with Gasteiger partial charge < -0.3 is 14.4 Å². The molecule has 0 radical (unpaired) electrons. The van der Waals surface area contributed by atoms with Crippen molar-refractivity contribution in [3.63, 3.8) is 0 Å². The molecule has 3 saturated heterocycles. The monoisotopic (exact) mass is 674 g/mol. The number of benzene rings is 2. The summed E-state index contributed by atoms with van der Waals surface area (Å²) in [5.74, 6) is 0.733. The zero-order chi connectivity index (χ0) is 34.9. The summed E-state index contributed by atoms with van der Waals surface area (Å²) in [5, 5.41) is 0. The normalized spacial score (nSPS) is 20.3. The van der Waals surface area contributed by atoms with Crippen molar-refractivity contribution in [1.29, 1.82) is 0 Å². The lowest BCUT2D eigenvalue weighted by Crippen LogP contribution is -2.51. The summed E-state index contributed by atoms with van der Waals surface area (Å²) in [4.78, 5) is 61.0. The standard InChI is InChI=1S/C37H50N6O6/c1-37(2,3)49-36(47)41-21-19-40(20-22-41)23-27-15-17-39(18-16-27)25-28-7-6-8-30-33(28)38(4)35(46)43(30)31-13-14-32(44)42(34(31)45)24-26-9-11-29(48-5)12-10-26/h6-12,27,31H,13-25H2,1-5H3. The molecule has 0 spiro atoms. The van der Waals surface area contributed by atoms with Crippen LogP contribution in [-0.4, -0.2) is 105 Å². The van der Waals surface area contributed by atoms with E-state index in [-0.39, 0.29) is 36.6 Å². The summed E-state index contributed by atoms with van der Waals surface area (Å²) in [6.07, 6.45) is 2.45. The fraction of sp³-hybridized carbons (Fsp3) is 0.568. The molecule has 3 fully saturated rings. The number of fused-ring (bicyclic) bond motifs is 1. The first-order valence-electron chi connectivity index (χ1n) is 17.5. The highest BCUT2D eigenvalue weighted by Crippen LogP contribution is 2.30. The van der Waals surface area contributed by atoms with Gasteiger partial charge in [-0.1, -0.05) is 24.3 Å². The molecule has 12 heteroatoms. The van der Waals surface area contributed by atoms with Gasteiger partial charge in [-0.25, -0.2) is 9.59 Å². The Bertz CT molecular complexity index is 1720. The lowest BCUT2D eigenvalue weighted by atomic mass is 9.95. The second-order valence-corrected chi connectivity index (χ2v) is 14.7. The summed E-state index contributed by atoms with van der Waals surface area (Å²) >= 11 is 0. The molecule has 2 aromatic carbocycles. The van der Waals surface area contributed by atoms with Gasteiger partial charge in [-0.05, 0) is 88.4 Å². The highest BCUT2D eigenvalue weighted by Gasteiger charge is 2.38. The van der Waals surface area contributed by atoms with Crippen LogP contribution in [-0.2, 0) is 34.5 Å². The number of rotatable bonds is 8. The number of imide groups is 1. The maximum Gasteiger partial charge on any atom is 0.410 e. The molecule has 49 heavy (non-hydrogen) atoms. The summed E-state index contributed by atoms with van der Waals surface area (Å²) in [6.45, 7) is 12.7. The van der Waals surface area contributed by atoms with Gasteiger partial charge in [0.25, 0.3) is 5.91 Å². The summed E-state index contributed by atoms with van der Waals surface area (Å²) in [6, 6.07) is 12.5. The third kappa shape index (κ3) is 7.70. The molecular weight excluding hydrogens is 624 g/mol. The van der Waals surface area contributed by atoms with Crippen LogP contribution < -0.4 is 10.4 Å². The Balaban J connectivity index is 1.08. The van der Waals surface area contributed by atoms with Crippen LogP contribution in [0.5, 0.6) is 5.75 Å². The van der Waals surface area contributed by atoms with Crippen molar-refractivity contribution in [3.8, 4) is 5.75 Å². The van der Waals surface area contributed by atoms with Gasteiger partial charge in [0, 0.05) is 52.7 Å². The predicted molar refractivity (Wildman–Crippen MR) is 186 cm³/mol. The van der Waals surface area contributed by atoms with E-state index >= 15 is 0 Å². The van der Waals surface area contributed by atoms with Crippen molar-refractivity contribution in [2.45, 2.75) is 71.2 Å². The van der Waals surface area contributed by atoms with Gasteiger partial charge in [0.2, 0.25) is 5.91 Å². The molecule has 0 bridgehead atoms. The van der Waals surface area contributed by atoms with Crippen LogP contribution >= 0.6 is 0 Å². The minimum atomic E-state index is -0.746. The molecule has 3 aliphatic rings. The second-order valence-electron chi connectivity index (χ2n) is 14.7. The number of methoxy groups -OCH3 is 1. The first kappa shape index (κ1) is 34.7. The third-order valence-corrected chi connectivity index (χ3v) is 10.1. The minimum Gasteiger partial charge on any atom is -0.497 e. The van der Waals surface area contributed by atoms with E-state index in [4.69, 9.17) is 9.47 Å². The van der Waals surface area contributed by atoms with Crippen molar-refractivity contribution >= 4 is 28.9 Å². The molecule has 1 aromatic heterocycles. The minimum absolute atomic E-state index is 0.154. The number of aromatic nitrogens is 2. The predicted octanol–water partition coefficient (Wildman–Crippen LogP) is 4.00. The smallest absolute Gasteiger partial charge is 0.410 e. The highest BCUT2D eigenvalue weighted by molar-refractivity contribution is 6.00. The van der Waals surface area contributed by atoms with Gasteiger partial charge in [0.05, 0.1) is 24.7 Å². The number of hydrogen-bond donors (Lipinski definition) is 0. The molecule has 0 saturated carbocycles. The molecule has 264 valence electrons. The molecule has 0 aliphatic carbocycles. The zero-order valence-electron chi connectivity index (χ0n) is 29.5. The van der Waals surface area contributed by atoms with E-state index in [1.165, 1.54) is 4.90 Å². The number of nitrogens with zero attached hydrogens (tertiary/aromatic N) is 6. The molecule has 4 heterocycles. The van der Waals surface area contributed by atoms with Crippen molar-refractivity contribution in [2.24, 2.45) is 13.0 Å². The second kappa shape index (κ2) is 14.4. The number of amides is 3. The molecule has 3 aliphatic heterocycles. The summed E-state index contributed by atoms with van der Waals surface area (Å²) in [5.41, 5.74) is 2.71. The average molecular weight is 675 g/mol. The summed E-state index contributed by atoms with van der Waals surface area (Å²) in [7, 11) is 3.36. The number of piperidine rings is 2. The number of piperazine rings is 1. The largest absolute Gasteiger partial charge is 0.497 e. The fourth-order valence-electron chi connectivity index (χ4n) is 7.46. The van der Waals surface area contributed by atoms with Gasteiger partial charge in [-0.3, -0.25) is 33.4 Å². The van der Waals surface area contributed by atoms with E-state index in [1.54, 1.807) is 23.3 Å². The SMILES string of the molecule is COc1ccc(CN2C(=O)CCC(n3c(=O)n(C)c4c(CN5CCC(CN6CCN(C(=O)OC(C)(C)C)CC6)CC5)cccc43)C2=O)cc1. The molecule has 0 N–H and O–H groups in total. The van der Waals surface area contributed by atoms with Gasteiger partial charge >= 0.3 is 11.8 Å². The Labute approximate surface area is 288 Å². The molecule has 1 atom stereocenters. The van der Waals surface area contributed by atoms with Crippen molar-refractivity contribution in [2.75, 3.05) is 52.9 Å². The van der Waals surface area contributed by atoms with Crippen LogP contribution in [0.25, 0.3) is 11.0 Å². The first-order chi connectivity index (χ1) is 23.4. The van der Waals surface area contributed by atoms with E-state index in [2.05, 4.69) is 15.9 Å². The number of ether oxygens (including phenoxy) is 2. The molecule has 3 aromatic rings. The number of hydrogen-bond acceptors (Lipinski definition) is 8. The van der Waals surface area contributed by atoms with Crippen LogP contribution in [0.1, 0.15) is 63.6 Å².